The molecule has 5 nitrogen and oxygen atoms in total. The molecule has 0 saturated heterocycles. The van der Waals surface area contributed by atoms with E-state index in [1.807, 2.05) is 18.2 Å². The Hall–Kier alpha value is -1.92. The fourth-order valence-corrected chi connectivity index (χ4v) is 3.16. The number of carbonyl (C=O) groups is 1. The summed E-state index contributed by atoms with van der Waals surface area (Å²) < 4.78 is 31.8. The highest BCUT2D eigenvalue weighted by atomic mass is 32.2. The predicted molar refractivity (Wildman–Crippen MR) is 80.4 cm³/mol. The summed E-state index contributed by atoms with van der Waals surface area (Å²) in [7, 11) is -3.77. The molecule has 1 N–H and O–H groups in total. The largest absolute Gasteiger partial charge is 0.462 e. The third-order valence-corrected chi connectivity index (χ3v) is 4.27. The van der Waals surface area contributed by atoms with Crippen LogP contribution in [0.25, 0.3) is 10.8 Å². The van der Waals surface area contributed by atoms with Crippen LogP contribution in [0.4, 0.5) is 0 Å². The molecular formula is C15H17NO4S. The van der Waals surface area contributed by atoms with Crippen LogP contribution in [-0.4, -0.2) is 27.0 Å². The molecule has 0 unspecified atom stereocenters. The number of hydrogen-bond acceptors (Lipinski definition) is 4. The van der Waals surface area contributed by atoms with Crippen molar-refractivity contribution in [2.75, 3.05) is 6.54 Å². The molecular weight excluding hydrogens is 290 g/mol. The smallest absolute Gasteiger partial charge is 0.321 e. The number of rotatable bonds is 5. The number of esters is 1. The summed E-state index contributed by atoms with van der Waals surface area (Å²) in [5.74, 6) is -0.603. The van der Waals surface area contributed by atoms with E-state index in [-0.39, 0.29) is 17.5 Å². The van der Waals surface area contributed by atoms with Gasteiger partial charge in [-0.1, -0.05) is 36.4 Å². The zero-order valence-corrected chi connectivity index (χ0v) is 12.7. The summed E-state index contributed by atoms with van der Waals surface area (Å²) >= 11 is 0. The third kappa shape index (κ3) is 3.80. The highest BCUT2D eigenvalue weighted by Crippen LogP contribution is 2.22. The Morgan fingerprint density at radius 2 is 1.81 bits per heavy atom. The van der Waals surface area contributed by atoms with Crippen LogP contribution >= 0.6 is 0 Å². The molecule has 0 fully saturated rings. The highest BCUT2D eigenvalue weighted by Gasteiger charge is 2.18. The molecule has 0 radical (unpaired) electrons. The zero-order chi connectivity index (χ0) is 15.5. The molecule has 0 aromatic heterocycles. The van der Waals surface area contributed by atoms with Gasteiger partial charge in [0.05, 0.1) is 11.0 Å². The van der Waals surface area contributed by atoms with Crippen molar-refractivity contribution >= 4 is 26.8 Å². The molecule has 2 rings (SSSR count). The van der Waals surface area contributed by atoms with Crippen molar-refractivity contribution in [2.24, 2.45) is 0 Å². The molecule has 0 aliphatic heterocycles. The van der Waals surface area contributed by atoms with Gasteiger partial charge in [0.25, 0.3) is 0 Å². The van der Waals surface area contributed by atoms with Crippen LogP contribution in [0.2, 0.25) is 0 Å². The van der Waals surface area contributed by atoms with Gasteiger partial charge in [-0.3, -0.25) is 4.79 Å². The second-order valence-corrected chi connectivity index (χ2v) is 6.58. The lowest BCUT2D eigenvalue weighted by Gasteiger charge is -2.11. The van der Waals surface area contributed by atoms with Crippen molar-refractivity contribution in [3.8, 4) is 0 Å². The number of carbonyl (C=O) groups excluding carboxylic acids is 1. The summed E-state index contributed by atoms with van der Waals surface area (Å²) in [4.78, 5) is 11.6. The Labute approximate surface area is 124 Å². The molecule has 0 amide bonds. The molecule has 0 bridgehead atoms. The normalized spacial score (nSPS) is 11.8. The van der Waals surface area contributed by atoms with Gasteiger partial charge in [-0.05, 0) is 25.3 Å². The lowest BCUT2D eigenvalue weighted by molar-refractivity contribution is -0.145. The third-order valence-electron chi connectivity index (χ3n) is 2.81. The van der Waals surface area contributed by atoms with E-state index in [4.69, 9.17) is 4.74 Å². The van der Waals surface area contributed by atoms with Gasteiger partial charge in [-0.25, -0.2) is 8.42 Å². The first-order valence-electron chi connectivity index (χ1n) is 6.57. The summed E-state index contributed by atoms with van der Waals surface area (Å²) in [6, 6.07) is 12.2. The first-order chi connectivity index (χ1) is 9.90. The number of benzene rings is 2. The summed E-state index contributed by atoms with van der Waals surface area (Å²) in [5.41, 5.74) is 0. The van der Waals surface area contributed by atoms with Crippen LogP contribution in [0.3, 0.4) is 0 Å². The molecule has 2 aromatic rings. The van der Waals surface area contributed by atoms with Crippen molar-refractivity contribution in [1.82, 2.24) is 4.72 Å². The highest BCUT2D eigenvalue weighted by molar-refractivity contribution is 7.89. The Bertz CT molecular complexity index is 748. The van der Waals surface area contributed by atoms with Crippen LogP contribution in [0.15, 0.2) is 47.4 Å². The SMILES string of the molecule is CC(C)OC(=O)CNS(=O)(=O)c1cccc2ccccc12. The molecule has 21 heavy (non-hydrogen) atoms. The average molecular weight is 307 g/mol. The number of hydrogen-bond donors (Lipinski definition) is 1. The predicted octanol–water partition coefficient (Wildman–Crippen LogP) is 2.07. The monoisotopic (exact) mass is 307 g/mol. The van der Waals surface area contributed by atoms with E-state index in [0.29, 0.717) is 5.39 Å². The van der Waals surface area contributed by atoms with Gasteiger partial charge in [0, 0.05) is 5.39 Å². The van der Waals surface area contributed by atoms with Crippen LogP contribution in [0, 0.1) is 0 Å². The molecule has 2 aromatic carbocycles. The zero-order valence-electron chi connectivity index (χ0n) is 11.9. The van der Waals surface area contributed by atoms with Crippen LogP contribution in [-0.2, 0) is 19.6 Å². The van der Waals surface area contributed by atoms with Crippen LogP contribution in [0.5, 0.6) is 0 Å². The van der Waals surface area contributed by atoms with Crippen molar-refractivity contribution in [3.63, 3.8) is 0 Å². The van der Waals surface area contributed by atoms with E-state index in [1.54, 1.807) is 32.0 Å². The summed E-state index contributed by atoms with van der Waals surface area (Å²) in [6.45, 7) is 3.03. The number of sulfonamides is 1. The van der Waals surface area contributed by atoms with Crippen molar-refractivity contribution < 1.29 is 17.9 Å². The second kappa shape index (κ2) is 6.24. The first kappa shape index (κ1) is 15.5. The number of fused-ring (bicyclic) bond motifs is 1. The Kier molecular flexibility index (Phi) is 4.59. The molecule has 0 saturated carbocycles. The topological polar surface area (TPSA) is 72.5 Å². The Balaban J connectivity index is 2.24. The Morgan fingerprint density at radius 1 is 1.14 bits per heavy atom. The van der Waals surface area contributed by atoms with E-state index in [0.717, 1.165) is 5.39 Å². The Morgan fingerprint density at radius 3 is 2.52 bits per heavy atom. The minimum Gasteiger partial charge on any atom is -0.462 e. The maximum atomic E-state index is 12.3. The fraction of sp³-hybridized carbons (Fsp3) is 0.267. The number of ether oxygens (including phenoxy) is 1. The molecule has 0 atom stereocenters. The van der Waals surface area contributed by atoms with Gasteiger partial charge in [-0.2, -0.15) is 4.72 Å². The van der Waals surface area contributed by atoms with Crippen molar-refractivity contribution in [3.05, 3.63) is 42.5 Å². The molecule has 0 aliphatic rings. The van der Waals surface area contributed by atoms with Gasteiger partial charge in [0.15, 0.2) is 0 Å². The minimum atomic E-state index is -3.77. The van der Waals surface area contributed by atoms with E-state index >= 15 is 0 Å². The lowest BCUT2D eigenvalue weighted by atomic mass is 10.1. The summed E-state index contributed by atoms with van der Waals surface area (Å²) in [6.07, 6.45) is -0.278. The average Bonchev–Trinajstić information content (AvgIpc) is 2.44. The van der Waals surface area contributed by atoms with E-state index in [2.05, 4.69) is 4.72 Å². The molecule has 0 spiro atoms. The van der Waals surface area contributed by atoms with Gasteiger partial charge in [0.1, 0.15) is 6.54 Å². The minimum absolute atomic E-state index is 0.151. The second-order valence-electron chi connectivity index (χ2n) is 4.84. The van der Waals surface area contributed by atoms with E-state index in [9.17, 15) is 13.2 Å². The maximum Gasteiger partial charge on any atom is 0.321 e. The molecule has 0 heterocycles. The summed E-state index contributed by atoms with van der Waals surface area (Å²) in [5, 5.41) is 1.44. The van der Waals surface area contributed by atoms with E-state index in [1.165, 1.54) is 6.07 Å². The number of nitrogens with one attached hydrogen (secondary N) is 1. The van der Waals surface area contributed by atoms with E-state index < -0.39 is 16.0 Å². The first-order valence-corrected chi connectivity index (χ1v) is 8.05. The molecule has 112 valence electrons. The van der Waals surface area contributed by atoms with Crippen LogP contribution < -0.4 is 4.72 Å². The quantitative estimate of drug-likeness (QED) is 0.858. The maximum absolute atomic E-state index is 12.3. The van der Waals surface area contributed by atoms with Gasteiger partial charge in [-0.15, -0.1) is 0 Å². The van der Waals surface area contributed by atoms with Gasteiger partial charge < -0.3 is 4.74 Å². The lowest BCUT2D eigenvalue weighted by Crippen LogP contribution is -2.31. The van der Waals surface area contributed by atoms with Crippen LogP contribution in [0.1, 0.15) is 13.8 Å². The van der Waals surface area contributed by atoms with Gasteiger partial charge >= 0.3 is 5.97 Å². The fourth-order valence-electron chi connectivity index (χ4n) is 1.97. The van der Waals surface area contributed by atoms with Crippen molar-refractivity contribution in [1.29, 1.82) is 0 Å². The molecule has 6 heteroatoms. The van der Waals surface area contributed by atoms with Gasteiger partial charge in [0.2, 0.25) is 10.0 Å². The molecule has 0 aliphatic carbocycles. The standard InChI is InChI=1S/C15H17NO4S/c1-11(2)20-15(17)10-16-21(18,19)14-9-5-7-12-6-3-4-8-13(12)14/h3-9,11,16H,10H2,1-2H3. The van der Waals surface area contributed by atoms with Crippen molar-refractivity contribution in [2.45, 2.75) is 24.8 Å².